The van der Waals surface area contributed by atoms with E-state index in [1.165, 1.54) is 0 Å². The van der Waals surface area contributed by atoms with Crippen molar-refractivity contribution < 1.29 is 0 Å². The Morgan fingerprint density at radius 3 is 2.82 bits per heavy atom. The van der Waals surface area contributed by atoms with Crippen molar-refractivity contribution in [1.82, 2.24) is 9.38 Å². The Morgan fingerprint density at radius 1 is 1.06 bits per heavy atom. The molecule has 0 aliphatic carbocycles. The quantitative estimate of drug-likeness (QED) is 0.631. The molecule has 1 aromatic carbocycles. The van der Waals surface area contributed by atoms with E-state index >= 15 is 0 Å². The Hall–Kier alpha value is -2.60. The number of nitrogens with zero attached hydrogens (tertiary/aromatic N) is 3. The zero-order valence-electron chi connectivity index (χ0n) is 9.04. The van der Waals surface area contributed by atoms with Crippen molar-refractivity contribution in [2.45, 2.75) is 0 Å². The first-order chi connectivity index (χ1) is 8.40. The molecule has 0 unspecified atom stereocenters. The van der Waals surface area contributed by atoms with Crippen LogP contribution in [0.25, 0.3) is 16.8 Å². The van der Waals surface area contributed by atoms with Gasteiger partial charge in [-0.2, -0.15) is 5.26 Å². The molecule has 3 rings (SSSR count). The number of hydrogen-bond acceptors (Lipinski definition) is 2. The van der Waals surface area contributed by atoms with Crippen LogP contribution in [0, 0.1) is 11.3 Å². The van der Waals surface area contributed by atoms with Crippen molar-refractivity contribution in [3.63, 3.8) is 0 Å². The maximum Gasteiger partial charge on any atom is 0.0998 e. The van der Waals surface area contributed by atoms with Crippen LogP contribution in [0.1, 0.15) is 5.56 Å². The van der Waals surface area contributed by atoms with Gasteiger partial charge in [0, 0.05) is 5.56 Å². The Morgan fingerprint density at radius 2 is 1.94 bits per heavy atom. The van der Waals surface area contributed by atoms with E-state index in [4.69, 9.17) is 5.26 Å². The highest BCUT2D eigenvalue weighted by Crippen LogP contribution is 2.23. The van der Waals surface area contributed by atoms with E-state index in [0.29, 0.717) is 5.56 Å². The second-order valence-corrected chi connectivity index (χ2v) is 3.76. The zero-order chi connectivity index (χ0) is 11.7. The molecular weight excluding hydrogens is 210 g/mol. The lowest BCUT2D eigenvalue weighted by Gasteiger charge is -2.06. The maximum absolute atomic E-state index is 9.13. The summed E-state index contributed by atoms with van der Waals surface area (Å²) in [5.41, 5.74) is 3.61. The third-order valence-electron chi connectivity index (χ3n) is 2.77. The second-order valence-electron chi connectivity index (χ2n) is 3.76. The monoisotopic (exact) mass is 219 g/mol. The van der Waals surface area contributed by atoms with Crippen LogP contribution >= 0.6 is 0 Å². The lowest BCUT2D eigenvalue weighted by atomic mass is 10.0. The molecule has 3 heteroatoms. The molecule has 0 fully saturated rings. The van der Waals surface area contributed by atoms with E-state index in [9.17, 15) is 0 Å². The Bertz CT molecular complexity index is 719. The fourth-order valence-corrected chi connectivity index (χ4v) is 1.97. The van der Waals surface area contributed by atoms with Gasteiger partial charge in [0.25, 0.3) is 0 Å². The molecule has 0 spiro atoms. The molecule has 0 amide bonds. The predicted molar refractivity (Wildman–Crippen MR) is 65.3 cm³/mol. The Balaban J connectivity index is 2.35. The van der Waals surface area contributed by atoms with Crippen molar-refractivity contribution in [2.24, 2.45) is 0 Å². The van der Waals surface area contributed by atoms with E-state index < -0.39 is 0 Å². The van der Waals surface area contributed by atoms with E-state index in [1.807, 2.05) is 46.9 Å². The molecule has 3 aromatic rings. The first-order valence-electron chi connectivity index (χ1n) is 5.31. The van der Waals surface area contributed by atoms with Crippen molar-refractivity contribution >= 4 is 5.52 Å². The lowest BCUT2D eigenvalue weighted by molar-refractivity contribution is 1.16. The fourth-order valence-electron chi connectivity index (χ4n) is 1.97. The summed E-state index contributed by atoms with van der Waals surface area (Å²) in [6.45, 7) is 0. The van der Waals surface area contributed by atoms with E-state index in [-0.39, 0.29) is 0 Å². The minimum absolute atomic E-state index is 0.675. The van der Waals surface area contributed by atoms with Gasteiger partial charge in [-0.3, -0.25) is 4.40 Å². The first kappa shape index (κ1) is 9.61. The summed E-state index contributed by atoms with van der Waals surface area (Å²) in [6, 6.07) is 15.8. The molecule has 0 bridgehead atoms. The number of pyridine rings is 1. The number of hydrogen-bond donors (Lipinski definition) is 0. The Kier molecular flexibility index (Phi) is 2.13. The van der Waals surface area contributed by atoms with Crippen LogP contribution in [-0.4, -0.2) is 9.38 Å². The van der Waals surface area contributed by atoms with Gasteiger partial charge in [0.1, 0.15) is 0 Å². The molecule has 2 aromatic heterocycles. The number of aromatic nitrogens is 2. The normalized spacial score (nSPS) is 10.3. The molecule has 0 N–H and O–H groups in total. The second kappa shape index (κ2) is 3.76. The summed E-state index contributed by atoms with van der Waals surface area (Å²) in [7, 11) is 0. The molecule has 0 saturated carbocycles. The van der Waals surface area contributed by atoms with Crippen LogP contribution in [0.2, 0.25) is 0 Å². The predicted octanol–water partition coefficient (Wildman–Crippen LogP) is 2.87. The standard InChI is InChI=1S/C14H9N3/c15-8-11-4-1-2-6-13(11)14-7-3-5-12-9-16-10-17(12)14/h1-7,9-10H. The fraction of sp³-hybridized carbons (Fsp3) is 0. The summed E-state index contributed by atoms with van der Waals surface area (Å²) in [4.78, 5) is 4.12. The average Bonchev–Trinajstić information content (AvgIpc) is 2.86. The zero-order valence-corrected chi connectivity index (χ0v) is 9.04. The molecule has 0 aliphatic heterocycles. The van der Waals surface area contributed by atoms with Crippen LogP contribution in [-0.2, 0) is 0 Å². The summed E-state index contributed by atoms with van der Waals surface area (Å²) in [5.74, 6) is 0. The molecule has 3 nitrogen and oxygen atoms in total. The molecular formula is C14H9N3. The van der Waals surface area contributed by atoms with Crippen LogP contribution in [0.4, 0.5) is 0 Å². The van der Waals surface area contributed by atoms with Crippen LogP contribution in [0.5, 0.6) is 0 Å². The van der Waals surface area contributed by atoms with Crippen molar-refractivity contribution in [2.75, 3.05) is 0 Å². The number of rotatable bonds is 1. The smallest absolute Gasteiger partial charge is 0.0998 e. The van der Waals surface area contributed by atoms with Crippen molar-refractivity contribution in [3.8, 4) is 17.3 Å². The van der Waals surface area contributed by atoms with Gasteiger partial charge < -0.3 is 0 Å². The maximum atomic E-state index is 9.13. The van der Waals surface area contributed by atoms with E-state index in [2.05, 4.69) is 11.1 Å². The third-order valence-corrected chi connectivity index (χ3v) is 2.77. The molecule has 0 atom stereocenters. The van der Waals surface area contributed by atoms with E-state index in [0.717, 1.165) is 16.8 Å². The summed E-state index contributed by atoms with van der Waals surface area (Å²) >= 11 is 0. The summed E-state index contributed by atoms with van der Waals surface area (Å²) in [5, 5.41) is 9.13. The number of imidazole rings is 1. The minimum Gasteiger partial charge on any atom is -0.299 e. The van der Waals surface area contributed by atoms with Gasteiger partial charge in [-0.05, 0) is 18.2 Å². The minimum atomic E-state index is 0.675. The number of nitriles is 1. The highest BCUT2D eigenvalue weighted by atomic mass is 15.0. The van der Waals surface area contributed by atoms with Gasteiger partial charge in [0.15, 0.2) is 0 Å². The third kappa shape index (κ3) is 1.47. The largest absolute Gasteiger partial charge is 0.299 e. The molecule has 2 heterocycles. The molecule has 0 radical (unpaired) electrons. The van der Waals surface area contributed by atoms with Crippen molar-refractivity contribution in [1.29, 1.82) is 5.26 Å². The first-order valence-corrected chi connectivity index (χ1v) is 5.31. The van der Waals surface area contributed by atoms with Gasteiger partial charge in [0.05, 0.1) is 35.4 Å². The van der Waals surface area contributed by atoms with Crippen LogP contribution in [0.15, 0.2) is 55.0 Å². The highest BCUT2D eigenvalue weighted by Gasteiger charge is 2.07. The Labute approximate surface area is 98.6 Å². The summed E-state index contributed by atoms with van der Waals surface area (Å²) < 4.78 is 1.98. The SMILES string of the molecule is N#Cc1ccccc1-c1cccc2cncn12. The number of benzene rings is 1. The van der Waals surface area contributed by atoms with Gasteiger partial charge >= 0.3 is 0 Å². The van der Waals surface area contributed by atoms with Gasteiger partial charge in [-0.25, -0.2) is 4.98 Å². The van der Waals surface area contributed by atoms with Gasteiger partial charge in [0.2, 0.25) is 0 Å². The molecule has 0 saturated heterocycles. The lowest BCUT2D eigenvalue weighted by Crippen LogP contribution is -1.92. The van der Waals surface area contributed by atoms with Crippen molar-refractivity contribution in [3.05, 3.63) is 60.6 Å². The van der Waals surface area contributed by atoms with Crippen LogP contribution in [0.3, 0.4) is 0 Å². The molecule has 0 aliphatic rings. The van der Waals surface area contributed by atoms with Gasteiger partial charge in [-0.15, -0.1) is 0 Å². The van der Waals surface area contributed by atoms with Crippen LogP contribution < -0.4 is 0 Å². The van der Waals surface area contributed by atoms with E-state index in [1.54, 1.807) is 12.5 Å². The van der Waals surface area contributed by atoms with Gasteiger partial charge in [-0.1, -0.05) is 24.3 Å². The topological polar surface area (TPSA) is 41.1 Å². The molecule has 80 valence electrons. The highest BCUT2D eigenvalue weighted by molar-refractivity contribution is 5.70. The molecule has 17 heavy (non-hydrogen) atoms. The number of fused-ring (bicyclic) bond motifs is 1. The summed E-state index contributed by atoms with van der Waals surface area (Å²) in [6.07, 6.45) is 3.57. The average molecular weight is 219 g/mol.